The molecule has 1 amide bonds. The van der Waals surface area contributed by atoms with Crippen molar-refractivity contribution < 1.29 is 9.53 Å². The number of amides is 1. The van der Waals surface area contributed by atoms with Gasteiger partial charge < -0.3 is 15.8 Å². The van der Waals surface area contributed by atoms with Crippen LogP contribution in [0.1, 0.15) is 16.9 Å². The van der Waals surface area contributed by atoms with Crippen LogP contribution in [0.3, 0.4) is 0 Å². The summed E-state index contributed by atoms with van der Waals surface area (Å²) in [5.41, 5.74) is 7.15. The lowest BCUT2D eigenvalue weighted by Gasteiger charge is -2.05. The van der Waals surface area contributed by atoms with Crippen LogP contribution < -0.4 is 11.1 Å². The molecular formula is C14H20N4O2S2. The highest BCUT2D eigenvalue weighted by atomic mass is 32.2. The molecule has 2 heterocycles. The monoisotopic (exact) mass is 340 g/mol. The molecule has 3 N–H and O–H groups in total. The largest absolute Gasteiger partial charge is 0.385 e. The summed E-state index contributed by atoms with van der Waals surface area (Å²) < 4.78 is 4.93. The molecule has 0 radical (unpaired) electrons. The highest BCUT2D eigenvalue weighted by molar-refractivity contribution is 7.99. The van der Waals surface area contributed by atoms with Crippen LogP contribution in [0, 0.1) is 13.8 Å². The summed E-state index contributed by atoms with van der Waals surface area (Å²) in [5, 5.41) is 4.30. The van der Waals surface area contributed by atoms with Crippen molar-refractivity contribution >= 4 is 45.0 Å². The van der Waals surface area contributed by atoms with Crippen molar-refractivity contribution in [3.63, 3.8) is 0 Å². The van der Waals surface area contributed by atoms with Crippen molar-refractivity contribution in [1.29, 1.82) is 0 Å². The third-order valence-electron chi connectivity index (χ3n) is 3.22. The first-order chi connectivity index (χ1) is 10.5. The molecule has 8 heteroatoms. The summed E-state index contributed by atoms with van der Waals surface area (Å²) in [6.45, 7) is 5.31. The Morgan fingerprint density at radius 1 is 1.41 bits per heavy atom. The van der Waals surface area contributed by atoms with Crippen LogP contribution in [-0.2, 0) is 9.53 Å². The van der Waals surface area contributed by atoms with Gasteiger partial charge in [-0.3, -0.25) is 4.79 Å². The second-order valence-electron chi connectivity index (χ2n) is 4.84. The van der Waals surface area contributed by atoms with Gasteiger partial charge in [0, 0.05) is 25.1 Å². The predicted octanol–water partition coefficient (Wildman–Crippen LogP) is 2.14. The van der Waals surface area contributed by atoms with Gasteiger partial charge in [0.05, 0.1) is 11.1 Å². The average molecular weight is 340 g/mol. The van der Waals surface area contributed by atoms with E-state index in [-0.39, 0.29) is 11.7 Å². The van der Waals surface area contributed by atoms with E-state index in [1.165, 1.54) is 16.6 Å². The van der Waals surface area contributed by atoms with Gasteiger partial charge in [0.1, 0.15) is 10.6 Å². The minimum Gasteiger partial charge on any atom is -0.385 e. The highest BCUT2D eigenvalue weighted by Crippen LogP contribution is 2.33. The zero-order valence-corrected chi connectivity index (χ0v) is 14.6. The van der Waals surface area contributed by atoms with E-state index in [9.17, 15) is 4.79 Å². The molecule has 6 nitrogen and oxygen atoms in total. The van der Waals surface area contributed by atoms with Crippen molar-refractivity contribution in [2.24, 2.45) is 0 Å². The van der Waals surface area contributed by atoms with Gasteiger partial charge in [-0.1, -0.05) is 11.8 Å². The van der Waals surface area contributed by atoms with Crippen molar-refractivity contribution in [2.45, 2.75) is 25.4 Å². The van der Waals surface area contributed by atoms with E-state index < -0.39 is 0 Å². The number of nitrogens with two attached hydrogens (primary N) is 1. The number of nitrogens with zero attached hydrogens (tertiary/aromatic N) is 2. The van der Waals surface area contributed by atoms with Crippen LogP contribution in [-0.4, -0.2) is 41.9 Å². The first-order valence-electron chi connectivity index (χ1n) is 6.94. The number of aryl methyl sites for hydroxylation is 2. The Labute approximate surface area is 137 Å². The van der Waals surface area contributed by atoms with Crippen molar-refractivity contribution in [3.8, 4) is 0 Å². The zero-order chi connectivity index (χ0) is 16.1. The molecule has 0 saturated heterocycles. The molecule has 0 aliphatic heterocycles. The third-order valence-corrected chi connectivity index (χ3v) is 5.16. The fraction of sp³-hybridized carbons (Fsp3) is 0.500. The van der Waals surface area contributed by atoms with Crippen molar-refractivity contribution in [2.75, 3.05) is 31.7 Å². The van der Waals surface area contributed by atoms with Crippen molar-refractivity contribution in [3.05, 3.63) is 10.4 Å². The quantitative estimate of drug-likeness (QED) is 0.456. The Balaban J connectivity index is 1.96. The Kier molecular flexibility index (Phi) is 5.98. The number of methoxy groups -OCH3 is 1. The first kappa shape index (κ1) is 17.0. The summed E-state index contributed by atoms with van der Waals surface area (Å²) in [5.74, 6) is 0.720. The number of ether oxygens (including phenoxy) is 1. The number of fused-ring (bicyclic) bond motifs is 1. The van der Waals surface area contributed by atoms with Gasteiger partial charge in [0.25, 0.3) is 0 Å². The molecule has 0 bridgehead atoms. The number of thioether (sulfide) groups is 1. The van der Waals surface area contributed by atoms with Gasteiger partial charge >= 0.3 is 0 Å². The van der Waals surface area contributed by atoms with E-state index >= 15 is 0 Å². The van der Waals surface area contributed by atoms with E-state index in [0.29, 0.717) is 24.1 Å². The smallest absolute Gasteiger partial charge is 0.230 e. The number of carbonyl (C=O) groups excluding carboxylic acids is 1. The molecule has 0 unspecified atom stereocenters. The van der Waals surface area contributed by atoms with Crippen LogP contribution in [0.25, 0.3) is 10.2 Å². The van der Waals surface area contributed by atoms with E-state index in [1.54, 1.807) is 18.4 Å². The molecular weight excluding hydrogens is 320 g/mol. The first-order valence-corrected chi connectivity index (χ1v) is 8.74. The summed E-state index contributed by atoms with van der Waals surface area (Å²) >= 11 is 2.90. The van der Waals surface area contributed by atoms with Crippen LogP contribution in [0.4, 0.5) is 5.82 Å². The number of nitrogens with one attached hydrogen (secondary N) is 1. The number of hydrogen-bond donors (Lipinski definition) is 2. The van der Waals surface area contributed by atoms with Gasteiger partial charge in [-0.2, -0.15) is 0 Å². The molecule has 120 valence electrons. The highest BCUT2D eigenvalue weighted by Gasteiger charge is 2.13. The summed E-state index contributed by atoms with van der Waals surface area (Å²) in [4.78, 5) is 22.6. The fourth-order valence-electron chi connectivity index (χ4n) is 1.95. The maximum absolute atomic E-state index is 11.7. The minimum atomic E-state index is -0.0399. The number of nitrogen functional groups attached to an aromatic ring is 1. The third kappa shape index (κ3) is 4.08. The van der Waals surface area contributed by atoms with Gasteiger partial charge in [-0.05, 0) is 25.8 Å². The standard InChI is InChI=1S/C14H20N4O2S2/c1-8-9(2)22-13-11(8)12(15)17-14(18-13)21-7-10(19)16-5-4-6-20-3/h4-7H2,1-3H3,(H,16,19)(H2,15,17,18). The maximum Gasteiger partial charge on any atom is 0.230 e. The van der Waals surface area contributed by atoms with Gasteiger partial charge in [0.15, 0.2) is 5.16 Å². The number of rotatable bonds is 7. The normalized spacial score (nSPS) is 11.0. The van der Waals surface area contributed by atoms with Gasteiger partial charge in [0.2, 0.25) is 5.91 Å². The maximum atomic E-state index is 11.7. The van der Waals surface area contributed by atoms with Gasteiger partial charge in [-0.25, -0.2) is 9.97 Å². The van der Waals surface area contributed by atoms with Crippen LogP contribution in [0.15, 0.2) is 5.16 Å². The molecule has 0 atom stereocenters. The predicted molar refractivity (Wildman–Crippen MR) is 91.5 cm³/mol. The van der Waals surface area contributed by atoms with Crippen LogP contribution >= 0.6 is 23.1 Å². The lowest BCUT2D eigenvalue weighted by atomic mass is 10.2. The van der Waals surface area contributed by atoms with Gasteiger partial charge in [-0.15, -0.1) is 11.3 Å². The van der Waals surface area contributed by atoms with E-state index in [2.05, 4.69) is 15.3 Å². The lowest BCUT2D eigenvalue weighted by molar-refractivity contribution is -0.118. The Bertz CT molecular complexity index is 672. The van der Waals surface area contributed by atoms with E-state index in [4.69, 9.17) is 10.5 Å². The molecule has 0 aliphatic rings. The second-order valence-corrected chi connectivity index (χ2v) is 6.99. The molecule has 0 aromatic carbocycles. The molecule has 2 aromatic rings. The zero-order valence-electron chi connectivity index (χ0n) is 12.9. The summed E-state index contributed by atoms with van der Waals surface area (Å²) in [7, 11) is 1.64. The number of thiophene rings is 1. The second kappa shape index (κ2) is 7.75. The van der Waals surface area contributed by atoms with E-state index in [0.717, 1.165) is 22.2 Å². The fourth-order valence-corrected chi connectivity index (χ4v) is 3.73. The summed E-state index contributed by atoms with van der Waals surface area (Å²) in [6.07, 6.45) is 0.802. The van der Waals surface area contributed by atoms with Crippen molar-refractivity contribution in [1.82, 2.24) is 15.3 Å². The molecule has 0 spiro atoms. The summed E-state index contributed by atoms with van der Waals surface area (Å²) in [6, 6.07) is 0. The number of aromatic nitrogens is 2. The Morgan fingerprint density at radius 2 is 2.18 bits per heavy atom. The molecule has 22 heavy (non-hydrogen) atoms. The Morgan fingerprint density at radius 3 is 2.91 bits per heavy atom. The molecule has 2 aromatic heterocycles. The van der Waals surface area contributed by atoms with Crippen LogP contribution in [0.5, 0.6) is 0 Å². The number of anilines is 1. The van der Waals surface area contributed by atoms with Crippen LogP contribution in [0.2, 0.25) is 0 Å². The number of hydrogen-bond acceptors (Lipinski definition) is 7. The average Bonchev–Trinajstić information content (AvgIpc) is 2.77. The Hall–Kier alpha value is -1.38. The number of carbonyl (C=O) groups is 1. The molecule has 0 fully saturated rings. The minimum absolute atomic E-state index is 0.0399. The molecule has 0 aliphatic carbocycles. The lowest BCUT2D eigenvalue weighted by Crippen LogP contribution is -2.26. The topological polar surface area (TPSA) is 90.1 Å². The molecule has 0 saturated carbocycles. The SMILES string of the molecule is COCCCNC(=O)CSc1nc(N)c2c(C)c(C)sc2n1. The van der Waals surface area contributed by atoms with E-state index in [1.807, 2.05) is 13.8 Å². The molecule has 2 rings (SSSR count).